The van der Waals surface area contributed by atoms with Crippen LogP contribution in [0.2, 0.25) is 0 Å². The van der Waals surface area contributed by atoms with Gasteiger partial charge >= 0.3 is 0 Å². The molecule has 0 radical (unpaired) electrons. The first-order valence-corrected chi connectivity index (χ1v) is 4.95. The highest BCUT2D eigenvalue weighted by Gasteiger charge is 1.99. The van der Waals surface area contributed by atoms with E-state index in [1.165, 1.54) is 0 Å². The minimum Gasteiger partial charge on any atom is -0.318 e. The summed E-state index contributed by atoms with van der Waals surface area (Å²) in [7, 11) is 0. The van der Waals surface area contributed by atoms with Gasteiger partial charge in [0.2, 0.25) is 4.77 Å². The second kappa shape index (κ2) is 4.22. The third kappa shape index (κ3) is 2.21. The van der Waals surface area contributed by atoms with Gasteiger partial charge in [-0.1, -0.05) is 6.07 Å². The monoisotopic (exact) mass is 221 g/mol. The van der Waals surface area contributed by atoms with Gasteiger partial charge in [0.25, 0.3) is 0 Å². The van der Waals surface area contributed by atoms with Gasteiger partial charge in [-0.05, 0) is 30.8 Å². The van der Waals surface area contributed by atoms with E-state index in [0.717, 1.165) is 11.4 Å². The zero-order valence-corrected chi connectivity index (χ0v) is 9.08. The largest absolute Gasteiger partial charge is 0.318 e. The predicted molar refractivity (Wildman–Crippen MR) is 59.5 cm³/mol. The van der Waals surface area contributed by atoms with Crippen LogP contribution >= 0.6 is 12.2 Å². The molecule has 78 valence electrons. The van der Waals surface area contributed by atoms with E-state index in [0.29, 0.717) is 11.3 Å². The molecule has 0 spiro atoms. The summed E-state index contributed by atoms with van der Waals surface area (Å²) in [4.78, 5) is 4.03. The maximum atomic E-state index is 5.06. The molecule has 0 aliphatic heterocycles. The molecule has 0 aromatic carbocycles. The number of hydrogen-bond acceptors (Lipinski definition) is 4. The van der Waals surface area contributed by atoms with Gasteiger partial charge in [-0.2, -0.15) is 5.10 Å². The minimum atomic E-state index is 0.566. The van der Waals surface area contributed by atoms with Crippen molar-refractivity contribution in [1.29, 1.82) is 0 Å². The Hall–Kier alpha value is -1.69. The molecule has 0 aliphatic rings. The summed E-state index contributed by atoms with van der Waals surface area (Å²) < 4.78 is 2.30. The van der Waals surface area contributed by atoms with Crippen molar-refractivity contribution in [1.82, 2.24) is 19.9 Å². The number of nitrogens with zero attached hydrogens (tertiary/aromatic N) is 3. The number of pyridine rings is 1. The number of nitrogens with one attached hydrogen (secondary N) is 2. The molecule has 0 atom stereocenters. The zero-order chi connectivity index (χ0) is 10.7. The highest BCUT2D eigenvalue weighted by atomic mass is 32.1. The van der Waals surface area contributed by atoms with E-state index >= 15 is 0 Å². The molecule has 0 bridgehead atoms. The maximum absolute atomic E-state index is 5.06. The van der Waals surface area contributed by atoms with Crippen molar-refractivity contribution in [2.45, 2.75) is 13.5 Å². The van der Waals surface area contributed by atoms with E-state index in [9.17, 15) is 0 Å². The topological polar surface area (TPSA) is 58.5 Å². The number of rotatable bonds is 3. The summed E-state index contributed by atoms with van der Waals surface area (Å²) in [5.41, 5.74) is 4.25. The lowest BCUT2D eigenvalue weighted by Crippen LogP contribution is -2.16. The molecule has 0 saturated heterocycles. The van der Waals surface area contributed by atoms with E-state index in [2.05, 4.69) is 20.6 Å². The number of H-pyrrole nitrogens is 1. The minimum absolute atomic E-state index is 0.566. The molecule has 0 aliphatic carbocycles. The SMILES string of the molecule is Cc1n[nH]c(=S)n1NCc1cccnc1. The third-order valence-electron chi connectivity index (χ3n) is 2.00. The molecule has 0 amide bonds. The molecule has 0 saturated carbocycles. The second-order valence-electron chi connectivity index (χ2n) is 3.11. The van der Waals surface area contributed by atoms with E-state index in [4.69, 9.17) is 12.2 Å². The van der Waals surface area contributed by atoms with Crippen molar-refractivity contribution in [3.05, 3.63) is 40.7 Å². The van der Waals surface area contributed by atoms with Gasteiger partial charge in [0.15, 0.2) is 0 Å². The summed E-state index contributed by atoms with van der Waals surface area (Å²) in [6.45, 7) is 2.55. The third-order valence-corrected chi connectivity index (χ3v) is 2.28. The normalized spacial score (nSPS) is 10.2. The second-order valence-corrected chi connectivity index (χ2v) is 3.49. The zero-order valence-electron chi connectivity index (χ0n) is 8.27. The number of aromatic amines is 1. The van der Waals surface area contributed by atoms with Crippen LogP contribution in [-0.2, 0) is 6.54 Å². The Morgan fingerprint density at radius 1 is 1.60 bits per heavy atom. The molecule has 0 unspecified atom stereocenters. The van der Waals surface area contributed by atoms with Crippen LogP contribution in [0.3, 0.4) is 0 Å². The molecule has 2 N–H and O–H groups in total. The highest BCUT2D eigenvalue weighted by molar-refractivity contribution is 7.71. The van der Waals surface area contributed by atoms with E-state index in [1.54, 1.807) is 10.9 Å². The van der Waals surface area contributed by atoms with Crippen molar-refractivity contribution < 1.29 is 0 Å². The lowest BCUT2D eigenvalue weighted by Gasteiger charge is -2.07. The van der Waals surface area contributed by atoms with Gasteiger partial charge in [-0.25, -0.2) is 4.68 Å². The molecular formula is C9H11N5S. The average molecular weight is 221 g/mol. The number of aromatic nitrogens is 4. The lowest BCUT2D eigenvalue weighted by atomic mass is 10.3. The Kier molecular flexibility index (Phi) is 2.77. The van der Waals surface area contributed by atoms with Gasteiger partial charge in [0.05, 0.1) is 6.54 Å². The molecule has 2 aromatic rings. The average Bonchev–Trinajstić information content (AvgIpc) is 2.58. The standard InChI is InChI=1S/C9H11N5S/c1-7-12-13-9(15)14(7)11-6-8-3-2-4-10-5-8/h2-5,11H,6H2,1H3,(H,13,15). The Morgan fingerprint density at radius 2 is 2.47 bits per heavy atom. The van der Waals surface area contributed by atoms with Gasteiger partial charge < -0.3 is 5.43 Å². The van der Waals surface area contributed by atoms with Crippen molar-refractivity contribution in [3.8, 4) is 0 Å². The Bertz CT molecular complexity index is 487. The van der Waals surface area contributed by atoms with Crippen molar-refractivity contribution >= 4 is 12.2 Å². The van der Waals surface area contributed by atoms with E-state index < -0.39 is 0 Å². The fraction of sp³-hybridized carbons (Fsp3) is 0.222. The summed E-state index contributed by atoms with van der Waals surface area (Å²) in [5, 5.41) is 6.71. The molecular weight excluding hydrogens is 210 g/mol. The summed E-state index contributed by atoms with van der Waals surface area (Å²) >= 11 is 5.06. The first kappa shape index (κ1) is 9.85. The summed E-state index contributed by atoms with van der Waals surface area (Å²) in [5.74, 6) is 0.809. The van der Waals surface area contributed by atoms with Crippen LogP contribution in [0.15, 0.2) is 24.5 Å². The maximum Gasteiger partial charge on any atom is 0.214 e. The van der Waals surface area contributed by atoms with Gasteiger partial charge in [-0.15, -0.1) is 0 Å². The van der Waals surface area contributed by atoms with Crippen LogP contribution in [0, 0.1) is 11.7 Å². The van der Waals surface area contributed by atoms with Crippen molar-refractivity contribution in [2.24, 2.45) is 0 Å². The predicted octanol–water partition coefficient (Wildman–Crippen LogP) is 1.39. The fourth-order valence-electron chi connectivity index (χ4n) is 1.23. The Balaban J connectivity index is 2.09. The van der Waals surface area contributed by atoms with Crippen LogP contribution in [0.4, 0.5) is 0 Å². The van der Waals surface area contributed by atoms with Gasteiger partial charge in [0, 0.05) is 12.4 Å². The first-order chi connectivity index (χ1) is 7.27. The van der Waals surface area contributed by atoms with Crippen LogP contribution in [0.25, 0.3) is 0 Å². The Labute approximate surface area is 92.1 Å². The van der Waals surface area contributed by atoms with Crippen LogP contribution < -0.4 is 5.43 Å². The molecule has 15 heavy (non-hydrogen) atoms. The molecule has 2 rings (SSSR count). The molecule has 0 fully saturated rings. The van der Waals surface area contributed by atoms with E-state index in [-0.39, 0.29) is 0 Å². The van der Waals surface area contributed by atoms with Crippen LogP contribution in [0.5, 0.6) is 0 Å². The molecule has 6 heteroatoms. The van der Waals surface area contributed by atoms with Crippen molar-refractivity contribution in [3.63, 3.8) is 0 Å². The molecule has 2 heterocycles. The van der Waals surface area contributed by atoms with Gasteiger partial charge in [0.1, 0.15) is 5.82 Å². The smallest absolute Gasteiger partial charge is 0.214 e. The first-order valence-electron chi connectivity index (χ1n) is 4.54. The van der Waals surface area contributed by atoms with Crippen molar-refractivity contribution in [2.75, 3.05) is 5.43 Å². The summed E-state index contributed by atoms with van der Waals surface area (Å²) in [6.07, 6.45) is 3.56. The number of hydrogen-bond donors (Lipinski definition) is 2. The fourth-order valence-corrected chi connectivity index (χ4v) is 1.48. The Morgan fingerprint density at radius 3 is 3.07 bits per heavy atom. The van der Waals surface area contributed by atoms with Crippen LogP contribution in [-0.4, -0.2) is 19.9 Å². The van der Waals surface area contributed by atoms with Crippen LogP contribution in [0.1, 0.15) is 11.4 Å². The highest BCUT2D eigenvalue weighted by Crippen LogP contribution is 1.97. The van der Waals surface area contributed by atoms with E-state index in [1.807, 2.05) is 25.3 Å². The quantitative estimate of drug-likeness (QED) is 0.769. The number of aryl methyl sites for hydroxylation is 1. The summed E-state index contributed by atoms with van der Waals surface area (Å²) in [6, 6.07) is 3.90. The molecule has 5 nitrogen and oxygen atoms in total. The van der Waals surface area contributed by atoms with Gasteiger partial charge in [-0.3, -0.25) is 10.1 Å². The lowest BCUT2D eigenvalue weighted by molar-refractivity contribution is 0.792. The molecule has 2 aromatic heterocycles.